The van der Waals surface area contributed by atoms with Gasteiger partial charge in [-0.1, -0.05) is 12.1 Å². The lowest BCUT2D eigenvalue weighted by atomic mass is 10.1. The summed E-state index contributed by atoms with van der Waals surface area (Å²) >= 11 is 0. The average Bonchev–Trinajstić information content (AvgIpc) is 2.63. The molecule has 2 aromatic heterocycles. The molecule has 128 valence electrons. The zero-order chi connectivity index (χ0) is 17.1. The van der Waals surface area contributed by atoms with Crippen molar-refractivity contribution in [1.29, 1.82) is 0 Å². The van der Waals surface area contributed by atoms with Crippen molar-refractivity contribution < 1.29 is 4.39 Å². The Morgan fingerprint density at radius 3 is 2.40 bits per heavy atom. The molecule has 0 saturated carbocycles. The largest absolute Gasteiger partial charge is 0.297 e. The summed E-state index contributed by atoms with van der Waals surface area (Å²) in [7, 11) is 0. The van der Waals surface area contributed by atoms with Crippen molar-refractivity contribution in [2.75, 3.05) is 26.2 Å². The van der Waals surface area contributed by atoms with E-state index in [0.29, 0.717) is 0 Å². The smallest absolute Gasteiger partial charge is 0.141 e. The Kier molecular flexibility index (Phi) is 4.68. The van der Waals surface area contributed by atoms with E-state index in [1.54, 1.807) is 12.3 Å². The van der Waals surface area contributed by atoms with Crippen LogP contribution in [0.1, 0.15) is 11.1 Å². The SMILES string of the molecule is Fc1cncc(CN2CCN(Cc3ccc4ncccc4c3)CC2)c1. The lowest BCUT2D eigenvalue weighted by molar-refractivity contribution is 0.122. The van der Waals surface area contributed by atoms with Crippen molar-refractivity contribution in [3.8, 4) is 0 Å². The zero-order valence-electron chi connectivity index (χ0n) is 14.1. The van der Waals surface area contributed by atoms with Crippen molar-refractivity contribution in [3.05, 3.63) is 71.9 Å². The first kappa shape index (κ1) is 16.1. The van der Waals surface area contributed by atoms with Gasteiger partial charge in [0.2, 0.25) is 0 Å². The number of rotatable bonds is 4. The van der Waals surface area contributed by atoms with Gasteiger partial charge < -0.3 is 0 Å². The molecule has 3 heterocycles. The zero-order valence-corrected chi connectivity index (χ0v) is 14.1. The van der Waals surface area contributed by atoms with E-state index in [1.165, 1.54) is 17.1 Å². The summed E-state index contributed by atoms with van der Waals surface area (Å²) in [6, 6.07) is 12.1. The van der Waals surface area contributed by atoms with Gasteiger partial charge >= 0.3 is 0 Å². The van der Waals surface area contributed by atoms with Crippen LogP contribution in [0.2, 0.25) is 0 Å². The molecule has 1 aromatic carbocycles. The summed E-state index contributed by atoms with van der Waals surface area (Å²) < 4.78 is 13.2. The Hall–Kier alpha value is -2.37. The third kappa shape index (κ3) is 4.00. The predicted molar refractivity (Wildman–Crippen MR) is 96.5 cm³/mol. The van der Waals surface area contributed by atoms with Gasteiger partial charge in [-0.2, -0.15) is 0 Å². The van der Waals surface area contributed by atoms with Gasteiger partial charge in [0.1, 0.15) is 5.82 Å². The normalized spacial score (nSPS) is 16.4. The van der Waals surface area contributed by atoms with E-state index in [1.807, 2.05) is 12.3 Å². The van der Waals surface area contributed by atoms with E-state index >= 15 is 0 Å². The lowest BCUT2D eigenvalue weighted by Crippen LogP contribution is -2.45. The number of aromatic nitrogens is 2. The summed E-state index contributed by atoms with van der Waals surface area (Å²) in [5.74, 6) is -0.262. The Morgan fingerprint density at radius 2 is 1.64 bits per heavy atom. The van der Waals surface area contributed by atoms with Crippen molar-refractivity contribution in [2.45, 2.75) is 13.1 Å². The minimum Gasteiger partial charge on any atom is -0.297 e. The second-order valence-corrected chi connectivity index (χ2v) is 6.59. The minimum absolute atomic E-state index is 0.262. The minimum atomic E-state index is -0.262. The van der Waals surface area contributed by atoms with Gasteiger partial charge in [0.25, 0.3) is 0 Å². The first-order valence-electron chi connectivity index (χ1n) is 8.64. The Bertz CT molecular complexity index is 859. The van der Waals surface area contributed by atoms with Crippen LogP contribution in [0.5, 0.6) is 0 Å². The third-order valence-corrected chi connectivity index (χ3v) is 4.71. The fourth-order valence-corrected chi connectivity index (χ4v) is 3.39. The van der Waals surface area contributed by atoms with Crippen LogP contribution in [0.4, 0.5) is 4.39 Å². The Labute approximate surface area is 146 Å². The van der Waals surface area contributed by atoms with E-state index in [9.17, 15) is 4.39 Å². The first-order chi connectivity index (χ1) is 12.3. The number of fused-ring (bicyclic) bond motifs is 1. The summed E-state index contributed by atoms with van der Waals surface area (Å²) in [5, 5.41) is 1.19. The molecule has 0 N–H and O–H groups in total. The predicted octanol–water partition coefficient (Wildman–Crippen LogP) is 3.09. The standard InChI is InChI=1S/C20H21FN4/c21-19-11-17(12-22-13-19)15-25-8-6-24(7-9-25)14-16-3-4-20-18(10-16)2-1-5-23-20/h1-5,10-13H,6-9,14-15H2. The highest BCUT2D eigenvalue weighted by molar-refractivity contribution is 5.78. The van der Waals surface area contributed by atoms with Crippen molar-refractivity contribution in [3.63, 3.8) is 0 Å². The summed E-state index contributed by atoms with van der Waals surface area (Å²) in [6.45, 7) is 5.75. The van der Waals surface area contributed by atoms with E-state index < -0.39 is 0 Å². The number of halogens is 1. The highest BCUT2D eigenvalue weighted by Gasteiger charge is 2.17. The van der Waals surface area contributed by atoms with Crippen molar-refractivity contribution >= 4 is 10.9 Å². The first-order valence-corrected chi connectivity index (χ1v) is 8.64. The van der Waals surface area contributed by atoms with Crippen LogP contribution in [0.3, 0.4) is 0 Å². The highest BCUT2D eigenvalue weighted by Crippen LogP contribution is 2.16. The number of hydrogen-bond acceptors (Lipinski definition) is 4. The topological polar surface area (TPSA) is 32.3 Å². The molecule has 0 atom stereocenters. The van der Waals surface area contributed by atoms with Gasteiger partial charge in [0.05, 0.1) is 11.7 Å². The molecular formula is C20H21FN4. The fraction of sp³-hybridized carbons (Fsp3) is 0.300. The number of piperazine rings is 1. The molecule has 25 heavy (non-hydrogen) atoms. The quantitative estimate of drug-likeness (QED) is 0.733. The monoisotopic (exact) mass is 336 g/mol. The van der Waals surface area contributed by atoms with Crippen LogP contribution in [-0.2, 0) is 13.1 Å². The summed E-state index contributed by atoms with van der Waals surface area (Å²) in [5.41, 5.74) is 3.30. The van der Waals surface area contributed by atoms with Crippen molar-refractivity contribution in [1.82, 2.24) is 19.8 Å². The molecule has 5 heteroatoms. The number of hydrogen-bond donors (Lipinski definition) is 0. The fourth-order valence-electron chi connectivity index (χ4n) is 3.39. The number of benzene rings is 1. The molecule has 1 aliphatic heterocycles. The van der Waals surface area contributed by atoms with Crippen LogP contribution in [0.15, 0.2) is 55.0 Å². The van der Waals surface area contributed by atoms with Gasteiger partial charge in [-0.3, -0.25) is 19.8 Å². The van der Waals surface area contributed by atoms with Gasteiger partial charge in [-0.15, -0.1) is 0 Å². The molecule has 0 radical (unpaired) electrons. The Balaban J connectivity index is 1.33. The van der Waals surface area contributed by atoms with Crippen LogP contribution in [0, 0.1) is 5.82 Å². The van der Waals surface area contributed by atoms with Crippen LogP contribution < -0.4 is 0 Å². The molecular weight excluding hydrogens is 315 g/mol. The van der Waals surface area contributed by atoms with Crippen LogP contribution in [-0.4, -0.2) is 45.9 Å². The van der Waals surface area contributed by atoms with Gasteiger partial charge in [0, 0.05) is 57.0 Å². The van der Waals surface area contributed by atoms with E-state index in [4.69, 9.17) is 0 Å². The van der Waals surface area contributed by atoms with Crippen LogP contribution in [0.25, 0.3) is 10.9 Å². The summed E-state index contributed by atoms with van der Waals surface area (Å²) in [6.07, 6.45) is 4.83. The van der Waals surface area contributed by atoms with E-state index in [-0.39, 0.29) is 5.82 Å². The van der Waals surface area contributed by atoms with Crippen molar-refractivity contribution in [2.24, 2.45) is 0 Å². The van der Waals surface area contributed by atoms with Gasteiger partial charge in [-0.25, -0.2) is 4.39 Å². The number of nitrogens with zero attached hydrogens (tertiary/aromatic N) is 4. The molecule has 4 nitrogen and oxygen atoms in total. The lowest BCUT2D eigenvalue weighted by Gasteiger charge is -2.34. The van der Waals surface area contributed by atoms with Gasteiger partial charge in [-0.05, 0) is 35.4 Å². The molecule has 1 saturated heterocycles. The second kappa shape index (κ2) is 7.25. The molecule has 0 unspecified atom stereocenters. The molecule has 1 aliphatic rings. The van der Waals surface area contributed by atoms with Gasteiger partial charge in [0.15, 0.2) is 0 Å². The molecule has 0 bridgehead atoms. The maximum atomic E-state index is 13.2. The molecule has 0 aliphatic carbocycles. The molecule has 4 rings (SSSR count). The number of pyridine rings is 2. The maximum Gasteiger partial charge on any atom is 0.141 e. The molecule has 3 aromatic rings. The highest BCUT2D eigenvalue weighted by atomic mass is 19.1. The molecule has 1 fully saturated rings. The van der Waals surface area contributed by atoms with E-state index in [0.717, 1.165) is 50.3 Å². The molecule has 0 amide bonds. The third-order valence-electron chi connectivity index (χ3n) is 4.71. The van der Waals surface area contributed by atoms with E-state index in [2.05, 4.69) is 44.0 Å². The Morgan fingerprint density at radius 1 is 0.880 bits per heavy atom. The maximum absolute atomic E-state index is 13.2. The second-order valence-electron chi connectivity index (χ2n) is 6.59. The summed E-state index contributed by atoms with van der Waals surface area (Å²) in [4.78, 5) is 13.1. The average molecular weight is 336 g/mol. The molecule has 0 spiro atoms. The van der Waals surface area contributed by atoms with Crippen LogP contribution >= 0.6 is 0 Å².